The molecule has 1 aliphatic rings. The number of aromatic nitrogens is 2. The number of fused-ring (bicyclic) bond motifs is 1. The van der Waals surface area contributed by atoms with Gasteiger partial charge in [0.05, 0.1) is 23.4 Å². The second kappa shape index (κ2) is 8.58. The van der Waals surface area contributed by atoms with Crippen molar-refractivity contribution < 1.29 is 8.42 Å². The van der Waals surface area contributed by atoms with Crippen molar-refractivity contribution in [1.82, 2.24) is 14.3 Å². The van der Waals surface area contributed by atoms with Crippen LogP contribution in [0.15, 0.2) is 96.3 Å². The van der Waals surface area contributed by atoms with Crippen LogP contribution in [0, 0.1) is 11.3 Å². The minimum absolute atomic E-state index is 0.00259. The monoisotopic (exact) mass is 452 g/mol. The molecule has 5 rings (SSSR count). The van der Waals surface area contributed by atoms with Crippen molar-refractivity contribution in [1.29, 1.82) is 5.26 Å². The lowest BCUT2D eigenvalue weighted by molar-refractivity contribution is 0.342. The van der Waals surface area contributed by atoms with Gasteiger partial charge in [-0.1, -0.05) is 42.5 Å². The van der Waals surface area contributed by atoms with Gasteiger partial charge in [-0.15, -0.1) is 0 Å². The van der Waals surface area contributed by atoms with Gasteiger partial charge in [0.15, 0.2) is 5.03 Å². The second-order valence-corrected chi connectivity index (χ2v) is 9.64. The summed E-state index contributed by atoms with van der Waals surface area (Å²) in [6.07, 6.45) is 3.99. The third-order valence-electron chi connectivity index (χ3n) is 5.87. The maximum Gasteiger partial charge on any atom is 0.261 e. The van der Waals surface area contributed by atoms with Crippen LogP contribution in [0.25, 0.3) is 11.3 Å². The highest BCUT2D eigenvalue weighted by Gasteiger charge is 2.38. The van der Waals surface area contributed by atoms with Crippen LogP contribution in [0.5, 0.6) is 0 Å². The Bertz CT molecular complexity index is 1450. The zero-order valence-corrected chi connectivity index (χ0v) is 18.5. The Morgan fingerprint density at radius 1 is 0.909 bits per heavy atom. The molecular formula is C26H20N4O2S. The molecule has 0 fully saturated rings. The number of benzene rings is 2. The Balaban J connectivity index is 1.58. The highest BCUT2D eigenvalue weighted by molar-refractivity contribution is 7.89. The molecule has 0 saturated heterocycles. The summed E-state index contributed by atoms with van der Waals surface area (Å²) >= 11 is 0. The molecule has 0 aliphatic carbocycles. The number of pyridine rings is 2. The molecule has 1 atom stereocenters. The third-order valence-corrected chi connectivity index (χ3v) is 7.63. The van der Waals surface area contributed by atoms with Crippen LogP contribution in [0.4, 0.5) is 0 Å². The Morgan fingerprint density at radius 2 is 1.67 bits per heavy atom. The molecule has 0 radical (unpaired) electrons. The van der Waals surface area contributed by atoms with Gasteiger partial charge in [0.25, 0.3) is 10.0 Å². The van der Waals surface area contributed by atoms with E-state index in [-0.39, 0.29) is 5.03 Å². The summed E-state index contributed by atoms with van der Waals surface area (Å²) in [4.78, 5) is 8.60. The molecule has 2 aromatic heterocycles. The van der Waals surface area contributed by atoms with Crippen molar-refractivity contribution in [2.75, 3.05) is 6.54 Å². The molecule has 7 heteroatoms. The lowest BCUT2D eigenvalue weighted by atomic mass is 9.90. The van der Waals surface area contributed by atoms with Gasteiger partial charge in [0, 0.05) is 24.5 Å². The zero-order valence-electron chi connectivity index (χ0n) is 17.7. The van der Waals surface area contributed by atoms with Gasteiger partial charge in [0.2, 0.25) is 0 Å². The van der Waals surface area contributed by atoms with E-state index in [9.17, 15) is 8.42 Å². The first-order valence-corrected chi connectivity index (χ1v) is 12.0. The minimum Gasteiger partial charge on any atom is -0.265 e. The molecule has 4 aromatic rings. The van der Waals surface area contributed by atoms with Gasteiger partial charge in [0.1, 0.15) is 0 Å². The molecule has 1 unspecified atom stereocenters. The summed E-state index contributed by atoms with van der Waals surface area (Å²) in [6.45, 7) is 0.356. The predicted octanol–water partition coefficient (Wildman–Crippen LogP) is 4.35. The van der Waals surface area contributed by atoms with E-state index >= 15 is 0 Å². The largest absolute Gasteiger partial charge is 0.265 e. The number of nitrogens with zero attached hydrogens (tertiary/aromatic N) is 4. The summed E-state index contributed by atoms with van der Waals surface area (Å²) in [5, 5.41) is 9.03. The molecule has 0 N–H and O–H groups in total. The van der Waals surface area contributed by atoms with Crippen molar-refractivity contribution in [3.63, 3.8) is 0 Å². The molecule has 0 saturated carbocycles. The lowest BCUT2D eigenvalue weighted by Gasteiger charge is -2.36. The molecule has 6 nitrogen and oxygen atoms in total. The predicted molar refractivity (Wildman–Crippen MR) is 125 cm³/mol. The van der Waals surface area contributed by atoms with E-state index in [1.807, 2.05) is 30.3 Å². The van der Waals surface area contributed by atoms with Crippen LogP contribution in [0.1, 0.15) is 28.3 Å². The number of sulfonamides is 1. The first-order valence-electron chi connectivity index (χ1n) is 10.5. The molecule has 0 bridgehead atoms. The maximum absolute atomic E-state index is 13.9. The molecule has 0 spiro atoms. The highest BCUT2D eigenvalue weighted by Crippen LogP contribution is 2.38. The Hall–Kier alpha value is -3.86. The van der Waals surface area contributed by atoms with E-state index in [1.165, 1.54) is 10.4 Å². The number of rotatable bonds is 4. The van der Waals surface area contributed by atoms with E-state index in [2.05, 4.69) is 22.1 Å². The molecule has 3 heterocycles. The Labute approximate surface area is 192 Å². The second-order valence-electron chi connectivity index (χ2n) is 7.80. The molecule has 2 aromatic carbocycles. The van der Waals surface area contributed by atoms with Crippen molar-refractivity contribution in [2.45, 2.75) is 17.5 Å². The van der Waals surface area contributed by atoms with E-state index in [1.54, 1.807) is 48.8 Å². The topological polar surface area (TPSA) is 87.0 Å². The number of nitriles is 1. The van der Waals surface area contributed by atoms with Gasteiger partial charge in [-0.2, -0.15) is 9.57 Å². The van der Waals surface area contributed by atoms with Gasteiger partial charge in [-0.25, -0.2) is 13.4 Å². The van der Waals surface area contributed by atoms with Crippen molar-refractivity contribution in [2.24, 2.45) is 0 Å². The number of hydrogen-bond acceptors (Lipinski definition) is 5. The first-order chi connectivity index (χ1) is 16.1. The van der Waals surface area contributed by atoms with E-state index in [4.69, 9.17) is 5.26 Å². The average Bonchev–Trinajstić information content (AvgIpc) is 2.88. The first kappa shape index (κ1) is 21.0. The third kappa shape index (κ3) is 3.91. The highest BCUT2D eigenvalue weighted by atomic mass is 32.2. The number of hydrogen-bond donors (Lipinski definition) is 0. The minimum atomic E-state index is -3.90. The van der Waals surface area contributed by atoms with Crippen LogP contribution >= 0.6 is 0 Å². The zero-order chi connectivity index (χ0) is 22.8. The Morgan fingerprint density at radius 3 is 2.42 bits per heavy atom. The van der Waals surface area contributed by atoms with E-state index in [0.717, 1.165) is 22.3 Å². The molecule has 0 amide bonds. The summed E-state index contributed by atoms with van der Waals surface area (Å²) < 4.78 is 29.3. The van der Waals surface area contributed by atoms with Crippen LogP contribution in [0.2, 0.25) is 0 Å². The molecule has 33 heavy (non-hydrogen) atoms. The van der Waals surface area contributed by atoms with Crippen molar-refractivity contribution >= 4 is 10.0 Å². The molecule has 1 aliphatic heterocycles. The van der Waals surface area contributed by atoms with Gasteiger partial charge < -0.3 is 0 Å². The van der Waals surface area contributed by atoms with Gasteiger partial charge in [-0.05, 0) is 59.5 Å². The standard InChI is InChI=1S/C26H20N4O2S/c27-18-19-8-10-21(11-9-19)24-6-3-7-25(29-24)33(31,32)30-17-14-20-4-1-2-5-23(20)26(30)22-12-15-28-16-13-22/h1-13,15-16,26H,14,17H2. The Kier molecular flexibility index (Phi) is 5.47. The summed E-state index contributed by atoms with van der Waals surface area (Å²) in [6, 6.07) is 25.2. The SMILES string of the molecule is N#Cc1ccc(-c2cccc(S(=O)(=O)N3CCc4ccccc4C3c3ccncc3)n2)cc1. The van der Waals surface area contributed by atoms with Crippen molar-refractivity contribution in [3.8, 4) is 17.3 Å². The maximum atomic E-state index is 13.9. The summed E-state index contributed by atoms with van der Waals surface area (Å²) in [5.41, 5.74) is 4.81. The molecular weight excluding hydrogens is 432 g/mol. The van der Waals surface area contributed by atoms with E-state index < -0.39 is 16.1 Å². The quantitative estimate of drug-likeness (QED) is 0.459. The van der Waals surface area contributed by atoms with Crippen LogP contribution in [-0.4, -0.2) is 29.2 Å². The summed E-state index contributed by atoms with van der Waals surface area (Å²) in [5.74, 6) is 0. The fourth-order valence-electron chi connectivity index (χ4n) is 4.25. The van der Waals surface area contributed by atoms with Gasteiger partial charge >= 0.3 is 0 Å². The fourth-order valence-corrected chi connectivity index (χ4v) is 5.80. The van der Waals surface area contributed by atoms with Crippen molar-refractivity contribution in [3.05, 3.63) is 114 Å². The normalized spacial score (nSPS) is 16.0. The average molecular weight is 453 g/mol. The van der Waals surface area contributed by atoms with Gasteiger partial charge in [-0.3, -0.25) is 4.98 Å². The smallest absolute Gasteiger partial charge is 0.261 e. The fraction of sp³-hybridized carbons (Fsp3) is 0.115. The molecule has 162 valence electrons. The van der Waals surface area contributed by atoms with Crippen LogP contribution in [0.3, 0.4) is 0 Å². The van der Waals surface area contributed by atoms with Crippen LogP contribution < -0.4 is 0 Å². The summed E-state index contributed by atoms with van der Waals surface area (Å²) in [7, 11) is -3.90. The van der Waals surface area contributed by atoms with E-state index in [0.29, 0.717) is 24.2 Å². The lowest BCUT2D eigenvalue weighted by Crippen LogP contribution is -2.40. The van der Waals surface area contributed by atoms with Crippen LogP contribution in [-0.2, 0) is 16.4 Å².